The quantitative estimate of drug-likeness (QED) is 0.479. The molecule has 0 unspecified atom stereocenters. The van der Waals surface area contributed by atoms with E-state index >= 15 is 0 Å². The number of rotatable bonds is 6. The number of benzene rings is 3. The molecule has 1 fully saturated rings. The number of carbonyl (C=O) groups is 3. The first-order valence-electron chi connectivity index (χ1n) is 11.8. The first-order chi connectivity index (χ1) is 17.4. The second-order valence-electron chi connectivity index (χ2n) is 8.91. The van der Waals surface area contributed by atoms with Crippen molar-refractivity contribution >= 4 is 41.1 Å². The second kappa shape index (κ2) is 11.4. The van der Waals surface area contributed by atoms with Crippen molar-refractivity contribution in [2.24, 2.45) is 0 Å². The molecule has 0 saturated carbocycles. The summed E-state index contributed by atoms with van der Waals surface area (Å²) in [6.07, 6.45) is 3.84. The summed E-state index contributed by atoms with van der Waals surface area (Å²) in [6, 6.07) is 25.1. The first-order valence-corrected chi connectivity index (χ1v) is 11.8. The van der Waals surface area contributed by atoms with Gasteiger partial charge in [0.05, 0.1) is 0 Å². The van der Waals surface area contributed by atoms with Gasteiger partial charge in [0.1, 0.15) is 0 Å². The summed E-state index contributed by atoms with van der Waals surface area (Å²) in [5.41, 5.74) is 5.84. The van der Waals surface area contributed by atoms with Gasteiger partial charge in [-0.05, 0) is 53.1 Å². The summed E-state index contributed by atoms with van der Waals surface area (Å²) >= 11 is 0. The Bertz CT molecular complexity index is 1230. The third-order valence-corrected chi connectivity index (χ3v) is 5.76. The number of Topliss-reactive ketones (excluding diaryl/α,β-unsaturated/α-hetero) is 1. The molecule has 3 aromatic carbocycles. The van der Waals surface area contributed by atoms with Gasteiger partial charge in [0.15, 0.2) is 5.78 Å². The molecule has 36 heavy (non-hydrogen) atoms. The Balaban J connectivity index is 1.62. The highest BCUT2D eigenvalue weighted by Crippen LogP contribution is 2.24. The van der Waals surface area contributed by atoms with Crippen molar-refractivity contribution in [3.8, 4) is 0 Å². The summed E-state index contributed by atoms with van der Waals surface area (Å²) < 4.78 is 0. The molecule has 2 N–H and O–H groups in total. The lowest BCUT2D eigenvalue weighted by Crippen LogP contribution is -2.37. The van der Waals surface area contributed by atoms with Crippen molar-refractivity contribution in [1.29, 1.82) is 0 Å². The van der Waals surface area contributed by atoms with Crippen LogP contribution in [-0.4, -0.2) is 35.6 Å². The molecule has 3 aromatic rings. The molecule has 1 aliphatic heterocycles. The van der Waals surface area contributed by atoms with Gasteiger partial charge in [-0.25, -0.2) is 0 Å². The number of hydrogen-bond acceptors (Lipinski definition) is 4. The number of anilines is 2. The molecule has 0 spiro atoms. The Morgan fingerprint density at radius 1 is 0.722 bits per heavy atom. The molecule has 0 bridgehead atoms. The third kappa shape index (κ3) is 6.87. The zero-order valence-electron chi connectivity index (χ0n) is 20.5. The number of amides is 2. The molecular weight excluding hydrogens is 450 g/mol. The van der Waals surface area contributed by atoms with Crippen molar-refractivity contribution < 1.29 is 14.4 Å². The van der Waals surface area contributed by atoms with Crippen molar-refractivity contribution in [3.63, 3.8) is 0 Å². The van der Waals surface area contributed by atoms with Gasteiger partial charge in [-0.1, -0.05) is 54.6 Å². The summed E-state index contributed by atoms with van der Waals surface area (Å²) in [6.45, 7) is 4.75. The maximum atomic E-state index is 13.5. The molecule has 1 saturated heterocycles. The van der Waals surface area contributed by atoms with E-state index < -0.39 is 0 Å². The van der Waals surface area contributed by atoms with E-state index in [1.807, 2.05) is 78.9 Å². The molecular formula is C30H29N3O3. The SMILES string of the molecule is CC(=O)Nc1ccc(C=C2CN(Cc3ccccc3)CC(=Cc3ccc(NC(C)=O)cc3)C2=O)cc1. The fourth-order valence-corrected chi connectivity index (χ4v) is 4.20. The predicted octanol–water partition coefficient (Wildman–Crippen LogP) is 5.16. The second-order valence-corrected chi connectivity index (χ2v) is 8.91. The Morgan fingerprint density at radius 2 is 1.17 bits per heavy atom. The summed E-state index contributed by atoms with van der Waals surface area (Å²) in [5.74, 6) is -0.226. The zero-order chi connectivity index (χ0) is 25.5. The van der Waals surface area contributed by atoms with E-state index in [1.54, 1.807) is 0 Å². The van der Waals surface area contributed by atoms with Crippen LogP contribution < -0.4 is 10.6 Å². The van der Waals surface area contributed by atoms with Crippen LogP contribution in [0.5, 0.6) is 0 Å². The van der Waals surface area contributed by atoms with Gasteiger partial charge in [0, 0.05) is 56.0 Å². The van der Waals surface area contributed by atoms with Gasteiger partial charge in [-0.15, -0.1) is 0 Å². The van der Waals surface area contributed by atoms with Gasteiger partial charge >= 0.3 is 0 Å². The van der Waals surface area contributed by atoms with E-state index in [0.29, 0.717) is 35.6 Å². The van der Waals surface area contributed by atoms with Crippen LogP contribution in [-0.2, 0) is 20.9 Å². The molecule has 6 heteroatoms. The molecule has 0 aromatic heterocycles. The molecule has 1 aliphatic rings. The molecule has 0 radical (unpaired) electrons. The highest BCUT2D eigenvalue weighted by atomic mass is 16.2. The maximum Gasteiger partial charge on any atom is 0.221 e. The lowest BCUT2D eigenvalue weighted by molar-refractivity contribution is -0.115. The van der Waals surface area contributed by atoms with Crippen LogP contribution in [0.1, 0.15) is 30.5 Å². The van der Waals surface area contributed by atoms with Gasteiger partial charge < -0.3 is 10.6 Å². The Morgan fingerprint density at radius 3 is 1.58 bits per heavy atom. The molecule has 4 rings (SSSR count). The Hall–Kier alpha value is -4.29. The van der Waals surface area contributed by atoms with Crippen molar-refractivity contribution in [3.05, 3.63) is 107 Å². The largest absolute Gasteiger partial charge is 0.326 e. The van der Waals surface area contributed by atoms with Crippen LogP contribution >= 0.6 is 0 Å². The topological polar surface area (TPSA) is 78.5 Å². The number of likely N-dealkylation sites (tertiary alicyclic amines) is 1. The van der Waals surface area contributed by atoms with Crippen LogP contribution in [0.2, 0.25) is 0 Å². The van der Waals surface area contributed by atoms with E-state index in [9.17, 15) is 14.4 Å². The minimum absolute atomic E-state index is 0.0242. The normalized spacial score (nSPS) is 16.2. The average molecular weight is 480 g/mol. The zero-order valence-corrected chi connectivity index (χ0v) is 20.5. The molecule has 182 valence electrons. The van der Waals surface area contributed by atoms with Gasteiger partial charge in [0.2, 0.25) is 11.8 Å². The van der Waals surface area contributed by atoms with Gasteiger partial charge in [-0.3, -0.25) is 19.3 Å². The van der Waals surface area contributed by atoms with Crippen molar-refractivity contribution in [2.45, 2.75) is 20.4 Å². The molecule has 0 atom stereocenters. The number of carbonyl (C=O) groups excluding carboxylic acids is 3. The predicted molar refractivity (Wildman–Crippen MR) is 144 cm³/mol. The van der Waals surface area contributed by atoms with Gasteiger partial charge in [-0.2, -0.15) is 0 Å². The summed E-state index contributed by atoms with van der Waals surface area (Å²) in [5, 5.41) is 5.52. The number of hydrogen-bond donors (Lipinski definition) is 2. The van der Waals surface area contributed by atoms with Crippen molar-refractivity contribution in [1.82, 2.24) is 4.90 Å². The number of nitrogens with one attached hydrogen (secondary N) is 2. The standard InChI is InChI=1S/C30H29N3O3/c1-21(34)31-28-12-8-23(9-13-28)16-26-19-33(18-25-6-4-3-5-7-25)20-27(30(26)36)17-24-10-14-29(15-11-24)32-22(2)35/h3-17H,18-20H2,1-2H3,(H,31,34)(H,32,35). The fourth-order valence-electron chi connectivity index (χ4n) is 4.20. The first kappa shape index (κ1) is 24.8. The Kier molecular flexibility index (Phi) is 7.88. The fraction of sp³-hybridized carbons (Fsp3) is 0.167. The monoisotopic (exact) mass is 479 g/mol. The van der Waals surface area contributed by atoms with Crippen molar-refractivity contribution in [2.75, 3.05) is 23.7 Å². The lowest BCUT2D eigenvalue weighted by atomic mass is 9.93. The van der Waals surface area contributed by atoms with E-state index in [-0.39, 0.29) is 17.6 Å². The van der Waals surface area contributed by atoms with E-state index in [4.69, 9.17) is 0 Å². The van der Waals surface area contributed by atoms with E-state index in [0.717, 1.165) is 17.7 Å². The Labute approximate surface area is 211 Å². The smallest absolute Gasteiger partial charge is 0.221 e. The number of piperidine rings is 1. The molecule has 0 aliphatic carbocycles. The highest BCUT2D eigenvalue weighted by molar-refractivity contribution is 6.14. The van der Waals surface area contributed by atoms with Crippen LogP contribution in [0.3, 0.4) is 0 Å². The molecule has 1 heterocycles. The van der Waals surface area contributed by atoms with Crippen LogP contribution in [0.4, 0.5) is 11.4 Å². The van der Waals surface area contributed by atoms with E-state index in [1.165, 1.54) is 19.4 Å². The summed E-state index contributed by atoms with van der Waals surface area (Å²) in [4.78, 5) is 38.3. The number of nitrogens with zero attached hydrogens (tertiary/aromatic N) is 1. The van der Waals surface area contributed by atoms with E-state index in [2.05, 4.69) is 27.7 Å². The average Bonchev–Trinajstić information content (AvgIpc) is 2.84. The highest BCUT2D eigenvalue weighted by Gasteiger charge is 2.26. The van der Waals surface area contributed by atoms with Gasteiger partial charge in [0.25, 0.3) is 0 Å². The van der Waals surface area contributed by atoms with Crippen LogP contribution in [0, 0.1) is 0 Å². The molecule has 2 amide bonds. The minimum atomic E-state index is -0.125. The third-order valence-electron chi connectivity index (χ3n) is 5.76. The number of ketones is 1. The van der Waals surface area contributed by atoms with Crippen LogP contribution in [0.25, 0.3) is 12.2 Å². The van der Waals surface area contributed by atoms with Crippen LogP contribution in [0.15, 0.2) is 90.0 Å². The lowest BCUT2D eigenvalue weighted by Gasteiger charge is -2.30. The molecule has 6 nitrogen and oxygen atoms in total. The maximum absolute atomic E-state index is 13.5. The summed E-state index contributed by atoms with van der Waals surface area (Å²) in [7, 11) is 0. The minimum Gasteiger partial charge on any atom is -0.326 e.